The van der Waals surface area contributed by atoms with Gasteiger partial charge in [0.15, 0.2) is 6.29 Å². The molecule has 3 rings (SSSR count). The molecule has 0 radical (unpaired) electrons. The first-order valence-corrected chi connectivity index (χ1v) is 11.8. The maximum absolute atomic E-state index is 12.9. The van der Waals surface area contributed by atoms with Crippen LogP contribution in [0.5, 0.6) is 0 Å². The average Bonchev–Trinajstić information content (AvgIpc) is 2.71. The molecule has 0 saturated carbocycles. The average molecular weight is 446 g/mol. The first-order chi connectivity index (χ1) is 13.8. The molecule has 1 N–H and O–H groups in total. The van der Waals surface area contributed by atoms with Gasteiger partial charge in [0.2, 0.25) is 0 Å². The van der Waals surface area contributed by atoms with Gasteiger partial charge in [-0.3, -0.25) is 0 Å². The van der Waals surface area contributed by atoms with E-state index >= 15 is 0 Å². The fourth-order valence-electron chi connectivity index (χ4n) is 3.33. The van der Waals surface area contributed by atoms with Crippen molar-refractivity contribution in [3.05, 3.63) is 23.0 Å². The van der Waals surface area contributed by atoms with E-state index < -0.39 is 15.7 Å². The van der Waals surface area contributed by atoms with Gasteiger partial charge in [0, 0.05) is 19.5 Å². The molecule has 2 fully saturated rings. The second-order valence-corrected chi connectivity index (χ2v) is 10.7. The first kappa shape index (κ1) is 22.9. The van der Waals surface area contributed by atoms with Gasteiger partial charge in [0.25, 0.3) is 0 Å². The molecular formula is C20H32ClN3O4S. The van der Waals surface area contributed by atoms with Gasteiger partial charge >= 0.3 is 0 Å². The van der Waals surface area contributed by atoms with Crippen LogP contribution in [0.3, 0.4) is 0 Å². The largest absolute Gasteiger partial charge is 0.378 e. The molecule has 0 bridgehead atoms. The van der Waals surface area contributed by atoms with Crippen molar-refractivity contribution < 1.29 is 18.4 Å². The number of pyridine rings is 1. The van der Waals surface area contributed by atoms with Crippen molar-refractivity contribution in [1.82, 2.24) is 9.71 Å². The topological polar surface area (TPSA) is 72.9 Å². The molecule has 7 nitrogen and oxygen atoms in total. The van der Waals surface area contributed by atoms with Crippen LogP contribution in [0.1, 0.15) is 51.8 Å². The zero-order valence-corrected chi connectivity index (χ0v) is 19.1. The molecule has 2 atom stereocenters. The van der Waals surface area contributed by atoms with E-state index in [4.69, 9.17) is 25.8 Å². The van der Waals surface area contributed by atoms with Crippen LogP contribution in [-0.4, -0.2) is 59.7 Å². The predicted octanol–water partition coefficient (Wildman–Crippen LogP) is 3.21. The van der Waals surface area contributed by atoms with Crippen molar-refractivity contribution in [3.8, 4) is 0 Å². The number of nitrogens with one attached hydrogen (secondary N) is 1. The summed E-state index contributed by atoms with van der Waals surface area (Å²) in [7, 11) is -1.25. The van der Waals surface area contributed by atoms with Crippen LogP contribution < -0.4 is 9.62 Å². The quantitative estimate of drug-likeness (QED) is 0.649. The fourth-order valence-corrected chi connectivity index (χ4v) is 4.33. The van der Waals surface area contributed by atoms with E-state index in [1.54, 1.807) is 6.07 Å². The molecule has 0 spiro atoms. The van der Waals surface area contributed by atoms with E-state index in [-0.39, 0.29) is 12.3 Å². The summed E-state index contributed by atoms with van der Waals surface area (Å²) < 4.78 is 32.7. The Morgan fingerprint density at radius 1 is 1.24 bits per heavy atom. The number of morpholine rings is 1. The van der Waals surface area contributed by atoms with Gasteiger partial charge in [-0.05, 0) is 45.7 Å². The van der Waals surface area contributed by atoms with Crippen LogP contribution in [0.4, 0.5) is 5.69 Å². The maximum Gasteiger partial charge on any atom is 0.157 e. The molecular weight excluding hydrogens is 414 g/mol. The number of halogens is 1. The molecule has 29 heavy (non-hydrogen) atoms. The Balaban J connectivity index is 1.85. The van der Waals surface area contributed by atoms with E-state index in [0.29, 0.717) is 44.4 Å². The maximum atomic E-state index is 12.9. The Bertz CT molecular complexity index is 689. The number of aromatic nitrogens is 1. The van der Waals surface area contributed by atoms with Crippen LogP contribution in [0, 0.1) is 0 Å². The predicted molar refractivity (Wildman–Crippen MR) is 116 cm³/mol. The third-order valence-corrected chi connectivity index (χ3v) is 6.76. The highest BCUT2D eigenvalue weighted by atomic mass is 35.5. The molecule has 2 saturated heterocycles. The summed E-state index contributed by atoms with van der Waals surface area (Å²) in [5.74, 6) is 0. The third kappa shape index (κ3) is 6.60. The molecule has 1 aromatic rings. The number of hydrogen-bond acceptors (Lipinski definition) is 6. The third-order valence-electron chi connectivity index (χ3n) is 4.94. The minimum atomic E-state index is -1.25. The molecule has 3 heterocycles. The minimum absolute atomic E-state index is 0.234. The van der Waals surface area contributed by atoms with Crippen molar-refractivity contribution in [2.24, 2.45) is 0 Å². The van der Waals surface area contributed by atoms with Gasteiger partial charge in [-0.15, -0.1) is 0 Å². The summed E-state index contributed by atoms with van der Waals surface area (Å²) in [5, 5.41) is 0.426. The van der Waals surface area contributed by atoms with Gasteiger partial charge in [-0.1, -0.05) is 11.6 Å². The van der Waals surface area contributed by atoms with Crippen molar-refractivity contribution in [2.75, 3.05) is 44.4 Å². The molecule has 0 amide bonds. The lowest BCUT2D eigenvalue weighted by Gasteiger charge is -2.33. The number of rotatable bonds is 7. The molecule has 0 aromatic carbocycles. The number of nitrogens with zero attached hydrogens (tertiary/aromatic N) is 2. The monoisotopic (exact) mass is 445 g/mol. The lowest BCUT2D eigenvalue weighted by atomic mass is 10.1. The molecule has 164 valence electrons. The second kappa shape index (κ2) is 10.5. The Hall–Kier alpha value is -0.770. The standard InChI is InChI=1S/C20H32ClN3O4S/c1-20(2,3)29(25)23-15(5-8-18-27-11-4-12-28-18)19-16(6-7-17(21)22-19)24-9-13-26-14-10-24/h6-7,15,18,23H,4-5,8-14H2,1-3H3. The second-order valence-electron chi connectivity index (χ2n) is 8.29. The van der Waals surface area contributed by atoms with Crippen molar-refractivity contribution in [3.63, 3.8) is 0 Å². The van der Waals surface area contributed by atoms with E-state index in [1.165, 1.54) is 0 Å². The Morgan fingerprint density at radius 3 is 2.59 bits per heavy atom. The van der Waals surface area contributed by atoms with Crippen LogP contribution in [0.2, 0.25) is 5.15 Å². The first-order valence-electron chi connectivity index (χ1n) is 10.2. The van der Waals surface area contributed by atoms with Gasteiger partial charge in [0.1, 0.15) is 5.15 Å². The Morgan fingerprint density at radius 2 is 1.93 bits per heavy atom. The molecule has 2 aliphatic rings. The summed E-state index contributed by atoms with van der Waals surface area (Å²) >= 11 is 6.27. The lowest BCUT2D eigenvalue weighted by molar-refractivity contribution is -0.182. The highest BCUT2D eigenvalue weighted by Gasteiger charge is 2.29. The van der Waals surface area contributed by atoms with E-state index in [1.807, 2.05) is 26.8 Å². The van der Waals surface area contributed by atoms with Gasteiger partial charge in [-0.25, -0.2) is 13.9 Å². The van der Waals surface area contributed by atoms with Gasteiger partial charge in [0.05, 0.1) is 59.6 Å². The molecule has 2 aliphatic heterocycles. The molecule has 0 aliphatic carbocycles. The zero-order valence-electron chi connectivity index (χ0n) is 17.5. The summed E-state index contributed by atoms with van der Waals surface area (Å²) in [6.07, 6.45) is 2.05. The number of hydrogen-bond donors (Lipinski definition) is 1. The summed E-state index contributed by atoms with van der Waals surface area (Å²) in [6.45, 7) is 10.2. The van der Waals surface area contributed by atoms with Crippen molar-refractivity contribution in [2.45, 2.75) is 57.1 Å². The van der Waals surface area contributed by atoms with Crippen LogP contribution in [0.25, 0.3) is 0 Å². The van der Waals surface area contributed by atoms with Crippen LogP contribution in [0.15, 0.2) is 12.1 Å². The number of ether oxygens (including phenoxy) is 3. The van der Waals surface area contributed by atoms with Crippen LogP contribution >= 0.6 is 11.6 Å². The van der Waals surface area contributed by atoms with E-state index in [2.05, 4.69) is 14.6 Å². The Labute approximate surface area is 181 Å². The SMILES string of the molecule is CC(C)(C)S(=O)NC(CCC1OCCCO1)c1nc(Cl)ccc1N1CCOCC1. The lowest BCUT2D eigenvalue weighted by Crippen LogP contribution is -2.40. The summed E-state index contributed by atoms with van der Waals surface area (Å²) in [4.78, 5) is 6.91. The molecule has 1 aromatic heterocycles. The zero-order chi connectivity index (χ0) is 20.9. The minimum Gasteiger partial charge on any atom is -0.378 e. The van der Waals surface area contributed by atoms with E-state index in [0.717, 1.165) is 30.9 Å². The van der Waals surface area contributed by atoms with Gasteiger partial charge in [-0.2, -0.15) is 0 Å². The smallest absolute Gasteiger partial charge is 0.157 e. The number of anilines is 1. The highest BCUT2D eigenvalue weighted by molar-refractivity contribution is 7.84. The van der Waals surface area contributed by atoms with Gasteiger partial charge < -0.3 is 19.1 Å². The summed E-state index contributed by atoms with van der Waals surface area (Å²) in [6, 6.07) is 3.57. The molecule has 2 unspecified atom stereocenters. The van der Waals surface area contributed by atoms with E-state index in [9.17, 15) is 4.21 Å². The Kier molecular flexibility index (Phi) is 8.30. The highest BCUT2D eigenvalue weighted by Crippen LogP contribution is 2.32. The van der Waals surface area contributed by atoms with Crippen molar-refractivity contribution >= 4 is 28.3 Å². The summed E-state index contributed by atoms with van der Waals surface area (Å²) in [5.41, 5.74) is 1.82. The normalized spacial score (nSPS) is 21.2. The molecule has 9 heteroatoms. The van der Waals surface area contributed by atoms with Crippen molar-refractivity contribution in [1.29, 1.82) is 0 Å². The fraction of sp³-hybridized carbons (Fsp3) is 0.750. The van der Waals surface area contributed by atoms with Crippen LogP contribution in [-0.2, 0) is 25.2 Å².